The number of sulfonamides is 1. The van der Waals surface area contributed by atoms with Gasteiger partial charge in [-0.2, -0.15) is 0 Å². The van der Waals surface area contributed by atoms with Gasteiger partial charge in [0.2, 0.25) is 10.0 Å². The van der Waals surface area contributed by atoms with Gasteiger partial charge in [0.05, 0.1) is 24.2 Å². The summed E-state index contributed by atoms with van der Waals surface area (Å²) >= 11 is 6.43. The van der Waals surface area contributed by atoms with Gasteiger partial charge in [0.25, 0.3) is 5.91 Å². The monoisotopic (exact) mass is 796 g/mol. The third-order valence-electron chi connectivity index (χ3n) is 13.0. The van der Waals surface area contributed by atoms with E-state index in [0.717, 1.165) is 120 Å². The van der Waals surface area contributed by atoms with Gasteiger partial charge in [0.1, 0.15) is 18.0 Å². The Balaban J connectivity index is 1.27. The average Bonchev–Trinajstić information content (AvgIpc) is 3.18. The number of hydrogen-bond acceptors (Lipinski definition) is 9. The van der Waals surface area contributed by atoms with Crippen molar-refractivity contribution in [3.05, 3.63) is 70.3 Å². The highest BCUT2D eigenvalue weighted by molar-refractivity contribution is 7.90. The van der Waals surface area contributed by atoms with Crippen molar-refractivity contribution in [2.24, 2.45) is 17.8 Å². The minimum absolute atomic E-state index is 0.225. The zero-order chi connectivity index (χ0) is 38.6. The van der Waals surface area contributed by atoms with Crippen molar-refractivity contribution in [2.75, 3.05) is 70.5 Å². The normalized spacial score (nSPS) is 31.3. The summed E-state index contributed by atoms with van der Waals surface area (Å²) < 4.78 is 49.6. The van der Waals surface area contributed by atoms with Crippen LogP contribution in [0, 0.1) is 17.8 Å². The summed E-state index contributed by atoms with van der Waals surface area (Å²) in [5, 5.41) is -0.0633. The summed E-state index contributed by atoms with van der Waals surface area (Å²) in [5.74, 6) is 0.455. The van der Waals surface area contributed by atoms with E-state index in [2.05, 4.69) is 38.5 Å². The van der Waals surface area contributed by atoms with Gasteiger partial charge in [-0.1, -0.05) is 50.1 Å². The molecule has 1 unspecified atom stereocenters. The number of allylic oxidation sites excluding steroid dienone is 1. The van der Waals surface area contributed by atoms with Crippen LogP contribution in [0.15, 0.2) is 48.6 Å². The first-order valence-electron chi connectivity index (χ1n) is 20.8. The Kier molecular flexibility index (Phi) is 13.2. The van der Waals surface area contributed by atoms with Crippen molar-refractivity contribution < 1.29 is 27.4 Å². The molecule has 10 nitrogen and oxygen atoms in total. The zero-order valence-electron chi connectivity index (χ0n) is 33.0. The number of fused-ring (bicyclic) bond motifs is 4. The van der Waals surface area contributed by atoms with Crippen LogP contribution in [0.1, 0.15) is 87.2 Å². The molecule has 1 saturated carbocycles. The van der Waals surface area contributed by atoms with E-state index in [4.69, 9.17) is 25.8 Å². The number of unbranched alkanes of at least 4 members (excludes halogenated alkanes) is 1. The summed E-state index contributed by atoms with van der Waals surface area (Å²) in [4.78, 5) is 21.3. The Morgan fingerprint density at radius 1 is 1.02 bits per heavy atom. The molecular formula is C43H61ClN4O6S. The second-order valence-electron chi connectivity index (χ2n) is 16.7. The van der Waals surface area contributed by atoms with Gasteiger partial charge in [-0.05, 0) is 111 Å². The van der Waals surface area contributed by atoms with Crippen LogP contribution in [0.3, 0.4) is 0 Å². The number of amides is 1. The fourth-order valence-electron chi connectivity index (χ4n) is 9.26. The van der Waals surface area contributed by atoms with E-state index in [9.17, 15) is 13.2 Å². The molecule has 302 valence electrons. The van der Waals surface area contributed by atoms with E-state index < -0.39 is 26.8 Å². The number of nitrogens with one attached hydrogen (secondary N) is 1. The summed E-state index contributed by atoms with van der Waals surface area (Å²) in [5.41, 5.74) is 2.88. The standard InChI is InChI=1S/C43H61ClN4O6S/c1-4-5-22-54-43(30-46-19-20-47-21-23-52-29-38(47)27-46)17-8-9-31(2)32(3)55(50,51)45-42(49)34-13-16-41-40(25-34)48(26-35-12-15-39(35)43)18-7-6-10-33-24-37(44)14-11-36(33)28-53-41/h8,11,13-14,16-17,24-25,31-32,35,38-39H,4-7,9-10,12,15,18-23,26-30H2,1-3H3,(H,45,49)/b17-8+/t31?,32-,35+,38+,39-,43+/m1/s1. The zero-order valence-corrected chi connectivity index (χ0v) is 34.6. The molecule has 0 spiro atoms. The van der Waals surface area contributed by atoms with Gasteiger partial charge in [0, 0.05) is 69.0 Å². The van der Waals surface area contributed by atoms with Crippen LogP contribution in [0.2, 0.25) is 5.02 Å². The number of ether oxygens (including phenoxy) is 3. The van der Waals surface area contributed by atoms with Crippen molar-refractivity contribution in [1.82, 2.24) is 14.5 Å². The molecule has 0 radical (unpaired) electrons. The molecule has 0 aromatic heterocycles. The van der Waals surface area contributed by atoms with E-state index in [1.54, 1.807) is 13.0 Å². The number of rotatable bonds is 6. The van der Waals surface area contributed by atoms with Crippen molar-refractivity contribution in [1.29, 1.82) is 0 Å². The van der Waals surface area contributed by atoms with Gasteiger partial charge in [-0.3, -0.25) is 14.6 Å². The molecule has 5 aliphatic rings. The lowest BCUT2D eigenvalue weighted by molar-refractivity contribution is -0.125. The fraction of sp³-hybridized carbons (Fsp3) is 0.651. The molecule has 2 saturated heterocycles. The maximum atomic E-state index is 13.7. The topological polar surface area (TPSA) is 101 Å². The molecule has 2 aromatic carbocycles. The molecular weight excluding hydrogens is 736 g/mol. The van der Waals surface area contributed by atoms with Crippen LogP contribution in [0.4, 0.5) is 5.69 Å². The molecule has 12 heteroatoms. The van der Waals surface area contributed by atoms with Crippen molar-refractivity contribution in [2.45, 2.75) is 95.6 Å². The first kappa shape index (κ1) is 40.5. The quantitative estimate of drug-likeness (QED) is 0.253. The molecule has 3 fully saturated rings. The molecule has 4 aliphatic heterocycles. The van der Waals surface area contributed by atoms with E-state index in [-0.39, 0.29) is 11.8 Å². The van der Waals surface area contributed by atoms with Gasteiger partial charge >= 0.3 is 0 Å². The summed E-state index contributed by atoms with van der Waals surface area (Å²) in [6.07, 6.45) is 12.0. The number of anilines is 1. The summed E-state index contributed by atoms with van der Waals surface area (Å²) in [6.45, 7) is 14.8. The minimum Gasteiger partial charge on any atom is -0.487 e. The second kappa shape index (κ2) is 17.9. The molecule has 1 amide bonds. The number of benzene rings is 2. The van der Waals surface area contributed by atoms with Crippen molar-refractivity contribution in [3.63, 3.8) is 0 Å². The van der Waals surface area contributed by atoms with E-state index in [0.29, 0.717) is 42.9 Å². The first-order valence-corrected chi connectivity index (χ1v) is 22.7. The average molecular weight is 798 g/mol. The highest BCUT2D eigenvalue weighted by Crippen LogP contribution is 2.47. The van der Waals surface area contributed by atoms with Crippen LogP contribution in [0.5, 0.6) is 5.75 Å². The predicted octanol–water partition coefficient (Wildman–Crippen LogP) is 6.70. The number of hydrogen-bond donors (Lipinski definition) is 1. The molecule has 2 bridgehead atoms. The number of morpholine rings is 1. The minimum atomic E-state index is -3.97. The highest BCUT2D eigenvalue weighted by Gasteiger charge is 2.49. The van der Waals surface area contributed by atoms with Crippen molar-refractivity contribution >= 4 is 33.2 Å². The lowest BCUT2D eigenvalue weighted by Crippen LogP contribution is -2.62. The molecule has 1 aliphatic carbocycles. The molecule has 2 aromatic rings. The highest BCUT2D eigenvalue weighted by atomic mass is 35.5. The number of aryl methyl sites for hydroxylation is 1. The Hall–Kier alpha value is -2.67. The van der Waals surface area contributed by atoms with Gasteiger partial charge in [0.15, 0.2) is 0 Å². The Morgan fingerprint density at radius 2 is 1.89 bits per heavy atom. The Labute approximate surface area is 333 Å². The van der Waals surface area contributed by atoms with Crippen LogP contribution >= 0.6 is 11.6 Å². The maximum absolute atomic E-state index is 13.7. The van der Waals surface area contributed by atoms with Gasteiger partial charge < -0.3 is 19.1 Å². The number of piperazine rings is 1. The van der Waals surface area contributed by atoms with E-state index >= 15 is 0 Å². The fourth-order valence-corrected chi connectivity index (χ4v) is 10.7. The summed E-state index contributed by atoms with van der Waals surface area (Å²) in [7, 11) is -3.97. The van der Waals surface area contributed by atoms with E-state index in [1.807, 2.05) is 37.3 Å². The van der Waals surface area contributed by atoms with Crippen LogP contribution in [0.25, 0.3) is 0 Å². The number of nitrogens with zero attached hydrogens (tertiary/aromatic N) is 3. The Morgan fingerprint density at radius 3 is 2.71 bits per heavy atom. The van der Waals surface area contributed by atoms with Crippen LogP contribution in [-0.2, 0) is 32.5 Å². The molecule has 1 N–H and O–H groups in total. The number of carbonyl (C=O) groups excluding carboxylic acids is 1. The van der Waals surface area contributed by atoms with Crippen molar-refractivity contribution in [3.8, 4) is 5.75 Å². The smallest absolute Gasteiger partial charge is 0.264 e. The van der Waals surface area contributed by atoms with E-state index in [1.165, 1.54) is 5.56 Å². The number of carbonyl (C=O) groups is 1. The second-order valence-corrected chi connectivity index (χ2v) is 19.2. The van der Waals surface area contributed by atoms with Crippen LogP contribution in [-0.4, -0.2) is 107 Å². The Bertz CT molecular complexity index is 1790. The maximum Gasteiger partial charge on any atom is 0.264 e. The predicted molar refractivity (Wildman–Crippen MR) is 219 cm³/mol. The molecule has 7 rings (SSSR count). The third kappa shape index (κ3) is 9.39. The largest absolute Gasteiger partial charge is 0.487 e. The number of halogens is 1. The SMILES string of the molecule is CCCCO[C@]1(CN2CCN3CCOC[C@@H]3C2)/C=C/CC(C)[C@@H](C)S(=O)(=O)NC(=O)c2ccc3c(c2)N(CCCCc2cc(Cl)ccc2CO3)C[C@@H]2CC[C@H]21. The summed E-state index contributed by atoms with van der Waals surface area (Å²) in [6, 6.07) is 11.7. The third-order valence-corrected chi connectivity index (χ3v) is 15.2. The van der Waals surface area contributed by atoms with Gasteiger partial charge in [-0.15, -0.1) is 0 Å². The van der Waals surface area contributed by atoms with Crippen LogP contribution < -0.4 is 14.4 Å². The molecule has 55 heavy (non-hydrogen) atoms. The lowest BCUT2D eigenvalue weighted by atomic mass is 9.63. The first-order chi connectivity index (χ1) is 26.5. The molecule has 6 atom stereocenters. The lowest BCUT2D eigenvalue weighted by Gasteiger charge is -2.53. The van der Waals surface area contributed by atoms with Gasteiger partial charge in [-0.25, -0.2) is 13.1 Å². The molecule has 4 heterocycles.